The molecule has 1 aliphatic rings. The van der Waals surface area contributed by atoms with Crippen LogP contribution in [0.4, 0.5) is 9.59 Å². The first-order valence-corrected chi connectivity index (χ1v) is 6.67. The van der Waals surface area contributed by atoms with Crippen molar-refractivity contribution in [3.63, 3.8) is 0 Å². The van der Waals surface area contributed by atoms with Gasteiger partial charge in [-0.3, -0.25) is 0 Å². The highest BCUT2D eigenvalue weighted by molar-refractivity contribution is 7.91. The zero-order valence-electron chi connectivity index (χ0n) is 9.43. The molecule has 0 aromatic rings. The molecule has 1 aliphatic heterocycles. The zero-order chi connectivity index (χ0) is 13.1. The maximum Gasteiger partial charge on any atom is 0.407 e. The van der Waals surface area contributed by atoms with Crippen molar-refractivity contribution >= 4 is 22.0 Å². The Hall–Kier alpha value is -1.51. The molecular formula is C8H14N2O6S. The second-order valence-corrected chi connectivity index (χ2v) is 5.62. The number of alkyl carbamates (subject to hydrolysis) is 2. The van der Waals surface area contributed by atoms with Gasteiger partial charge in [0.2, 0.25) is 0 Å². The fraction of sp³-hybridized carbons (Fsp3) is 0.750. The van der Waals surface area contributed by atoms with Crippen molar-refractivity contribution in [2.24, 2.45) is 0 Å². The minimum absolute atomic E-state index is 0.345. The standard InChI is InChI=1S/C8H14N2O6S/c1-9-7(11)15-5-3-17(13,14)4-6(5)16-8(12)10-2/h5-6H,3-4H2,1-2H3,(H,9,11)(H,10,12). The molecule has 2 amide bonds. The molecule has 0 aromatic heterocycles. The quantitative estimate of drug-likeness (QED) is 0.654. The van der Waals surface area contributed by atoms with Gasteiger partial charge in [-0.15, -0.1) is 0 Å². The van der Waals surface area contributed by atoms with Gasteiger partial charge in [0.15, 0.2) is 22.0 Å². The summed E-state index contributed by atoms with van der Waals surface area (Å²) in [5, 5.41) is 4.39. The topological polar surface area (TPSA) is 111 Å². The fourth-order valence-corrected chi connectivity index (χ4v) is 3.10. The van der Waals surface area contributed by atoms with Crippen LogP contribution in [0.1, 0.15) is 0 Å². The van der Waals surface area contributed by atoms with E-state index in [4.69, 9.17) is 9.47 Å². The highest BCUT2D eigenvalue weighted by Crippen LogP contribution is 2.19. The smallest absolute Gasteiger partial charge is 0.407 e. The van der Waals surface area contributed by atoms with Crippen molar-refractivity contribution in [3.05, 3.63) is 0 Å². The largest absolute Gasteiger partial charge is 0.441 e. The van der Waals surface area contributed by atoms with Gasteiger partial charge in [-0.25, -0.2) is 18.0 Å². The Bertz CT molecular complexity index is 374. The van der Waals surface area contributed by atoms with Crippen molar-refractivity contribution in [3.8, 4) is 0 Å². The second kappa shape index (κ2) is 5.21. The molecule has 2 unspecified atom stereocenters. The molecule has 0 saturated carbocycles. The van der Waals surface area contributed by atoms with Crippen LogP contribution in [0.5, 0.6) is 0 Å². The average Bonchev–Trinajstić information content (AvgIpc) is 2.52. The van der Waals surface area contributed by atoms with Crippen molar-refractivity contribution in [1.82, 2.24) is 10.6 Å². The molecule has 8 nitrogen and oxygen atoms in total. The minimum atomic E-state index is -3.36. The Morgan fingerprint density at radius 1 is 1.00 bits per heavy atom. The average molecular weight is 266 g/mol. The van der Waals surface area contributed by atoms with Gasteiger partial charge >= 0.3 is 12.2 Å². The van der Waals surface area contributed by atoms with Crippen LogP contribution in [0.15, 0.2) is 0 Å². The van der Waals surface area contributed by atoms with E-state index in [0.29, 0.717) is 0 Å². The summed E-state index contributed by atoms with van der Waals surface area (Å²) < 4.78 is 32.4. The fourth-order valence-electron chi connectivity index (χ4n) is 1.40. The number of carbonyl (C=O) groups is 2. The number of ether oxygens (including phenoxy) is 2. The molecule has 2 N–H and O–H groups in total. The predicted octanol–water partition coefficient (Wildman–Crippen LogP) is -1.14. The van der Waals surface area contributed by atoms with Crippen LogP contribution in [0.2, 0.25) is 0 Å². The number of amides is 2. The zero-order valence-corrected chi connectivity index (χ0v) is 10.2. The third-order valence-corrected chi connectivity index (χ3v) is 3.85. The van der Waals surface area contributed by atoms with E-state index < -0.39 is 34.2 Å². The number of rotatable bonds is 2. The summed E-state index contributed by atoms with van der Waals surface area (Å²) in [4.78, 5) is 22.0. The lowest BCUT2D eigenvalue weighted by atomic mass is 10.2. The van der Waals surface area contributed by atoms with Crippen LogP contribution < -0.4 is 10.6 Å². The lowest BCUT2D eigenvalue weighted by Gasteiger charge is -2.18. The molecule has 0 aromatic carbocycles. The molecule has 9 heteroatoms. The molecule has 0 spiro atoms. The van der Waals surface area contributed by atoms with E-state index >= 15 is 0 Å². The maximum absolute atomic E-state index is 11.4. The van der Waals surface area contributed by atoms with Gasteiger partial charge in [-0.1, -0.05) is 0 Å². The van der Waals surface area contributed by atoms with Crippen LogP contribution in [-0.2, 0) is 19.3 Å². The van der Waals surface area contributed by atoms with E-state index in [2.05, 4.69) is 10.6 Å². The Morgan fingerprint density at radius 3 is 1.65 bits per heavy atom. The van der Waals surface area contributed by atoms with E-state index in [-0.39, 0.29) is 11.5 Å². The van der Waals surface area contributed by atoms with Crippen LogP contribution in [0.3, 0.4) is 0 Å². The number of hydrogen-bond acceptors (Lipinski definition) is 6. The molecule has 17 heavy (non-hydrogen) atoms. The Balaban J connectivity index is 2.71. The lowest BCUT2D eigenvalue weighted by Crippen LogP contribution is -2.38. The Morgan fingerprint density at radius 2 is 1.35 bits per heavy atom. The van der Waals surface area contributed by atoms with Crippen molar-refractivity contribution in [2.45, 2.75) is 12.2 Å². The SMILES string of the molecule is CNC(=O)OC1CS(=O)(=O)CC1OC(=O)NC. The van der Waals surface area contributed by atoms with E-state index in [1.165, 1.54) is 14.1 Å². The molecule has 1 saturated heterocycles. The third kappa shape index (κ3) is 3.77. The normalized spacial score (nSPS) is 26.0. The van der Waals surface area contributed by atoms with Gasteiger partial charge in [0.05, 0.1) is 11.5 Å². The summed E-state index contributed by atoms with van der Waals surface area (Å²) in [5.74, 6) is -0.690. The number of carbonyl (C=O) groups excluding carboxylic acids is 2. The summed E-state index contributed by atoms with van der Waals surface area (Å²) in [5.41, 5.74) is 0. The number of sulfone groups is 1. The van der Waals surface area contributed by atoms with Gasteiger partial charge in [0, 0.05) is 14.1 Å². The van der Waals surface area contributed by atoms with Crippen molar-refractivity contribution < 1.29 is 27.5 Å². The molecule has 2 atom stereocenters. The van der Waals surface area contributed by atoms with Crippen LogP contribution in [0, 0.1) is 0 Å². The predicted molar refractivity (Wildman–Crippen MR) is 57.3 cm³/mol. The summed E-state index contributed by atoms with van der Waals surface area (Å²) >= 11 is 0. The van der Waals surface area contributed by atoms with E-state index in [9.17, 15) is 18.0 Å². The first-order chi connectivity index (χ1) is 7.88. The third-order valence-electron chi connectivity index (χ3n) is 2.18. The van der Waals surface area contributed by atoms with Crippen LogP contribution >= 0.6 is 0 Å². The van der Waals surface area contributed by atoms with Gasteiger partial charge in [-0.2, -0.15) is 0 Å². The molecule has 1 heterocycles. The summed E-state index contributed by atoms with van der Waals surface area (Å²) in [6.07, 6.45) is -3.48. The first-order valence-electron chi connectivity index (χ1n) is 4.85. The Kier molecular flexibility index (Phi) is 4.16. The molecule has 98 valence electrons. The van der Waals surface area contributed by atoms with Gasteiger partial charge in [0.25, 0.3) is 0 Å². The van der Waals surface area contributed by atoms with Crippen molar-refractivity contribution in [1.29, 1.82) is 0 Å². The van der Waals surface area contributed by atoms with Gasteiger partial charge in [-0.05, 0) is 0 Å². The Labute approximate surface area is 98.6 Å². The monoisotopic (exact) mass is 266 g/mol. The molecule has 0 bridgehead atoms. The summed E-state index contributed by atoms with van der Waals surface area (Å²) in [6.45, 7) is 0. The summed E-state index contributed by atoms with van der Waals surface area (Å²) in [7, 11) is -0.667. The van der Waals surface area contributed by atoms with E-state index in [0.717, 1.165) is 0 Å². The van der Waals surface area contributed by atoms with E-state index in [1.807, 2.05) is 0 Å². The van der Waals surface area contributed by atoms with Gasteiger partial charge in [0.1, 0.15) is 0 Å². The highest BCUT2D eigenvalue weighted by Gasteiger charge is 2.42. The first kappa shape index (κ1) is 13.6. The van der Waals surface area contributed by atoms with Gasteiger partial charge < -0.3 is 20.1 Å². The minimum Gasteiger partial charge on any atom is -0.441 e. The molecule has 0 radical (unpaired) electrons. The van der Waals surface area contributed by atoms with Crippen LogP contribution in [-0.4, -0.2) is 58.4 Å². The highest BCUT2D eigenvalue weighted by atomic mass is 32.2. The molecule has 0 aliphatic carbocycles. The lowest BCUT2D eigenvalue weighted by molar-refractivity contribution is 0.0189. The second-order valence-electron chi connectivity index (χ2n) is 3.46. The molecule has 1 rings (SSSR count). The van der Waals surface area contributed by atoms with E-state index in [1.54, 1.807) is 0 Å². The molecule has 1 fully saturated rings. The van der Waals surface area contributed by atoms with Crippen molar-refractivity contribution in [2.75, 3.05) is 25.6 Å². The number of nitrogens with one attached hydrogen (secondary N) is 2. The number of hydrogen-bond donors (Lipinski definition) is 2. The summed E-state index contributed by atoms with van der Waals surface area (Å²) in [6, 6.07) is 0. The maximum atomic E-state index is 11.4. The van der Waals surface area contributed by atoms with Crippen LogP contribution in [0.25, 0.3) is 0 Å². The molecular weight excluding hydrogens is 252 g/mol.